The smallest absolute Gasteiger partial charge is 0.228 e. The molecule has 0 radical (unpaired) electrons. The summed E-state index contributed by atoms with van der Waals surface area (Å²) in [5.74, 6) is 3.35. The van der Waals surface area contributed by atoms with Crippen molar-refractivity contribution in [3.8, 4) is 22.9 Å². The van der Waals surface area contributed by atoms with Crippen LogP contribution in [0.15, 0.2) is 52.0 Å². The molecule has 0 aliphatic heterocycles. The Morgan fingerprint density at radius 3 is 2.56 bits per heavy atom. The van der Waals surface area contributed by atoms with Crippen LogP contribution in [0, 0.1) is 0 Å². The van der Waals surface area contributed by atoms with Gasteiger partial charge in [0.05, 0.1) is 14.2 Å². The highest BCUT2D eigenvalue weighted by Gasteiger charge is 2.13. The summed E-state index contributed by atoms with van der Waals surface area (Å²) in [7, 11) is 6.99. The van der Waals surface area contributed by atoms with Gasteiger partial charge in [0.1, 0.15) is 11.5 Å². The second-order valence-electron chi connectivity index (χ2n) is 6.78. The average Bonchev–Trinajstić information content (AvgIpc) is 3.26. The van der Waals surface area contributed by atoms with Gasteiger partial charge >= 0.3 is 0 Å². The summed E-state index contributed by atoms with van der Waals surface area (Å²) in [6.45, 7) is 1.22. The fourth-order valence-corrected chi connectivity index (χ4v) is 3.18. The van der Waals surface area contributed by atoms with E-state index in [2.05, 4.69) is 20.4 Å². The monoisotopic (exact) mass is 571 g/mol. The third kappa shape index (κ3) is 6.73. The first-order valence-corrected chi connectivity index (χ1v) is 10.1. The first-order valence-electron chi connectivity index (χ1n) is 9.75. The lowest BCUT2D eigenvalue weighted by molar-refractivity contribution is 0.376. The van der Waals surface area contributed by atoms with Gasteiger partial charge < -0.3 is 24.2 Å². The van der Waals surface area contributed by atoms with E-state index < -0.39 is 0 Å². The summed E-state index contributed by atoms with van der Waals surface area (Å²) < 4.78 is 16.1. The summed E-state index contributed by atoms with van der Waals surface area (Å²) in [5.41, 5.74) is 1.88. The van der Waals surface area contributed by atoms with Crippen molar-refractivity contribution < 1.29 is 14.0 Å². The molecular formula is C22H27ClIN5O3. The summed E-state index contributed by atoms with van der Waals surface area (Å²) in [6, 6.07) is 13.1. The summed E-state index contributed by atoms with van der Waals surface area (Å²) >= 11 is 5.92. The first-order chi connectivity index (χ1) is 15.0. The lowest BCUT2D eigenvalue weighted by atomic mass is 10.2. The van der Waals surface area contributed by atoms with Crippen molar-refractivity contribution in [3.63, 3.8) is 0 Å². The number of halogens is 2. The number of hydrogen-bond donors (Lipinski definition) is 1. The van der Waals surface area contributed by atoms with E-state index in [4.69, 9.17) is 25.6 Å². The molecule has 0 amide bonds. The van der Waals surface area contributed by atoms with Gasteiger partial charge in [-0.15, -0.1) is 24.0 Å². The number of aromatic nitrogens is 2. The molecular weight excluding hydrogens is 545 g/mol. The number of rotatable bonds is 8. The molecule has 8 nitrogen and oxygen atoms in total. The number of aliphatic imine (C=N–C) groups is 1. The number of ether oxygens (including phenoxy) is 2. The molecule has 172 valence electrons. The molecule has 0 saturated carbocycles. The van der Waals surface area contributed by atoms with Gasteiger partial charge in [-0.25, -0.2) is 0 Å². The van der Waals surface area contributed by atoms with Gasteiger partial charge in [-0.3, -0.25) is 4.99 Å². The number of hydrogen-bond acceptors (Lipinski definition) is 6. The van der Waals surface area contributed by atoms with E-state index in [1.54, 1.807) is 33.4 Å². The van der Waals surface area contributed by atoms with Crippen molar-refractivity contribution in [1.29, 1.82) is 0 Å². The maximum absolute atomic E-state index is 5.92. The quantitative estimate of drug-likeness (QED) is 0.246. The lowest BCUT2D eigenvalue weighted by Gasteiger charge is -2.23. The molecule has 3 rings (SSSR count). The Bertz CT molecular complexity index is 1030. The molecule has 0 atom stereocenters. The van der Waals surface area contributed by atoms with Gasteiger partial charge in [-0.1, -0.05) is 16.8 Å². The van der Waals surface area contributed by atoms with Gasteiger partial charge in [0.15, 0.2) is 5.96 Å². The fraction of sp³-hybridized carbons (Fsp3) is 0.318. The second kappa shape index (κ2) is 12.5. The van der Waals surface area contributed by atoms with Crippen LogP contribution < -0.4 is 14.8 Å². The molecule has 0 saturated heterocycles. The third-order valence-electron chi connectivity index (χ3n) is 4.67. The maximum Gasteiger partial charge on any atom is 0.228 e. The first kappa shape index (κ1) is 25.7. The zero-order valence-corrected chi connectivity index (χ0v) is 21.5. The Balaban J connectivity index is 0.00000363. The van der Waals surface area contributed by atoms with Gasteiger partial charge in [0.2, 0.25) is 11.7 Å². The third-order valence-corrected chi connectivity index (χ3v) is 4.92. The van der Waals surface area contributed by atoms with E-state index in [0.717, 1.165) is 28.6 Å². The van der Waals surface area contributed by atoms with Crippen LogP contribution in [0.5, 0.6) is 11.5 Å². The molecule has 0 aliphatic rings. The molecule has 3 aromatic rings. The Labute approximate surface area is 210 Å². The Hall–Kier alpha value is -2.53. The van der Waals surface area contributed by atoms with Crippen LogP contribution in [0.4, 0.5) is 0 Å². The van der Waals surface area contributed by atoms with Crippen LogP contribution in [0.3, 0.4) is 0 Å². The van der Waals surface area contributed by atoms with E-state index >= 15 is 0 Å². The Kier molecular flexibility index (Phi) is 10.0. The molecule has 1 heterocycles. The van der Waals surface area contributed by atoms with E-state index in [-0.39, 0.29) is 24.0 Å². The topological polar surface area (TPSA) is 85.0 Å². The van der Waals surface area contributed by atoms with Crippen molar-refractivity contribution >= 4 is 41.5 Å². The van der Waals surface area contributed by atoms with Crippen LogP contribution in [-0.2, 0) is 13.0 Å². The molecule has 0 unspecified atom stereocenters. The van der Waals surface area contributed by atoms with E-state index in [1.807, 2.05) is 42.3 Å². The molecule has 0 spiro atoms. The van der Waals surface area contributed by atoms with Crippen molar-refractivity contribution in [2.24, 2.45) is 4.99 Å². The van der Waals surface area contributed by atoms with Crippen LogP contribution in [0.1, 0.15) is 11.5 Å². The number of nitrogens with zero attached hydrogens (tertiary/aromatic N) is 4. The highest BCUT2D eigenvalue weighted by molar-refractivity contribution is 14.0. The predicted octanol–water partition coefficient (Wildman–Crippen LogP) is 4.28. The van der Waals surface area contributed by atoms with E-state index in [0.29, 0.717) is 36.2 Å². The minimum absolute atomic E-state index is 0. The molecule has 1 aromatic heterocycles. The maximum atomic E-state index is 5.92. The molecule has 10 heteroatoms. The van der Waals surface area contributed by atoms with Crippen molar-refractivity contribution in [2.45, 2.75) is 13.0 Å². The average molecular weight is 572 g/mol. The predicted molar refractivity (Wildman–Crippen MR) is 136 cm³/mol. The highest BCUT2D eigenvalue weighted by atomic mass is 127. The zero-order chi connectivity index (χ0) is 22.2. The van der Waals surface area contributed by atoms with Gasteiger partial charge in [-0.05, 0) is 36.4 Å². The van der Waals surface area contributed by atoms with Crippen molar-refractivity contribution in [3.05, 3.63) is 58.9 Å². The molecule has 32 heavy (non-hydrogen) atoms. The molecule has 0 fully saturated rings. The summed E-state index contributed by atoms with van der Waals surface area (Å²) in [5, 5.41) is 8.02. The SMILES string of the molecule is CN=C(NCCc1nc(-c2ccc(Cl)cc2)no1)N(C)Cc1ccc(OC)cc1OC.I. The minimum Gasteiger partial charge on any atom is -0.497 e. The molecule has 2 aromatic carbocycles. The standard InChI is InChI=1S/C22H26ClN5O3.HI/c1-24-22(28(2)14-16-7-10-18(29-3)13-19(16)30-4)25-12-11-20-26-21(27-31-20)15-5-8-17(23)9-6-15;/h5-10,13H,11-12,14H2,1-4H3,(H,24,25);1H. The summed E-state index contributed by atoms with van der Waals surface area (Å²) in [6.07, 6.45) is 0.569. The number of guanidine groups is 1. The Morgan fingerprint density at radius 2 is 1.91 bits per heavy atom. The number of nitrogens with one attached hydrogen (secondary N) is 1. The molecule has 1 N–H and O–H groups in total. The van der Waals surface area contributed by atoms with Gasteiger partial charge in [0, 0.05) is 55.8 Å². The van der Waals surface area contributed by atoms with Crippen LogP contribution in [0.2, 0.25) is 5.02 Å². The Morgan fingerprint density at radius 1 is 1.16 bits per heavy atom. The van der Waals surface area contributed by atoms with Gasteiger partial charge in [-0.2, -0.15) is 4.98 Å². The molecule has 0 bridgehead atoms. The van der Waals surface area contributed by atoms with Crippen LogP contribution in [0.25, 0.3) is 11.4 Å². The normalized spacial score (nSPS) is 11.0. The lowest BCUT2D eigenvalue weighted by Crippen LogP contribution is -2.39. The van der Waals surface area contributed by atoms with E-state index in [9.17, 15) is 0 Å². The number of benzene rings is 2. The van der Waals surface area contributed by atoms with Gasteiger partial charge in [0.25, 0.3) is 0 Å². The van der Waals surface area contributed by atoms with E-state index in [1.165, 1.54) is 0 Å². The highest BCUT2D eigenvalue weighted by Crippen LogP contribution is 2.25. The molecule has 0 aliphatic carbocycles. The second-order valence-corrected chi connectivity index (χ2v) is 7.21. The summed E-state index contributed by atoms with van der Waals surface area (Å²) in [4.78, 5) is 10.8. The zero-order valence-electron chi connectivity index (χ0n) is 18.5. The van der Waals surface area contributed by atoms with Crippen molar-refractivity contribution in [1.82, 2.24) is 20.4 Å². The largest absolute Gasteiger partial charge is 0.497 e. The minimum atomic E-state index is 0. The fourth-order valence-electron chi connectivity index (χ4n) is 3.05. The number of methoxy groups -OCH3 is 2. The van der Waals surface area contributed by atoms with Crippen LogP contribution >= 0.6 is 35.6 Å². The van der Waals surface area contributed by atoms with Crippen molar-refractivity contribution in [2.75, 3.05) is 34.9 Å². The van der Waals surface area contributed by atoms with Crippen LogP contribution in [-0.4, -0.2) is 55.9 Å².